The van der Waals surface area contributed by atoms with Crippen LogP contribution < -0.4 is 0 Å². The largest absolute Gasteiger partial charge is 0.481 e. The van der Waals surface area contributed by atoms with Crippen molar-refractivity contribution in [2.24, 2.45) is 0 Å². The Labute approximate surface area is 129 Å². The quantitative estimate of drug-likeness (QED) is 0.562. The maximum atomic E-state index is 11.8. The van der Waals surface area contributed by atoms with Crippen LogP contribution in [0.15, 0.2) is 12.1 Å². The molecule has 0 spiro atoms. The number of hydrogen-bond acceptors (Lipinski definition) is 4. The number of unbranched alkanes of at least 4 members (excludes halogenated alkanes) is 1. The summed E-state index contributed by atoms with van der Waals surface area (Å²) in [6, 6.07) is 3.85. The zero-order valence-corrected chi connectivity index (χ0v) is 13.2. The number of Topliss-reactive ketones (excluding diaryl/α,β-unsaturated/α-hetero) is 1. The summed E-state index contributed by atoms with van der Waals surface area (Å²) in [5.74, 6) is -0.965. The molecular weight excluding hydrogens is 286 g/mol. The van der Waals surface area contributed by atoms with Gasteiger partial charge in [-0.15, -0.1) is 11.3 Å². The molecule has 0 unspecified atom stereocenters. The lowest BCUT2D eigenvalue weighted by Gasteiger charge is -2.13. The Morgan fingerprint density at radius 2 is 1.90 bits per heavy atom. The van der Waals surface area contributed by atoms with E-state index in [9.17, 15) is 9.59 Å². The van der Waals surface area contributed by atoms with Gasteiger partial charge < -0.3 is 10.0 Å². The molecule has 21 heavy (non-hydrogen) atoms. The third kappa shape index (κ3) is 5.59. The summed E-state index contributed by atoms with van der Waals surface area (Å²) in [5, 5.41) is 8.59. The maximum Gasteiger partial charge on any atom is 0.303 e. The molecule has 0 saturated carbocycles. The smallest absolute Gasteiger partial charge is 0.303 e. The third-order valence-electron chi connectivity index (χ3n) is 3.85. The molecule has 116 valence electrons. The Hall–Kier alpha value is -1.20. The second-order valence-corrected chi connectivity index (χ2v) is 6.76. The van der Waals surface area contributed by atoms with Crippen LogP contribution in [0.25, 0.3) is 0 Å². The van der Waals surface area contributed by atoms with Crippen molar-refractivity contribution in [2.75, 3.05) is 19.6 Å². The van der Waals surface area contributed by atoms with E-state index < -0.39 is 5.97 Å². The number of likely N-dealkylation sites (tertiary alicyclic amines) is 1. The first-order chi connectivity index (χ1) is 10.1. The average Bonchev–Trinajstić information content (AvgIpc) is 3.12. The van der Waals surface area contributed by atoms with Gasteiger partial charge >= 0.3 is 5.97 Å². The molecule has 1 aromatic heterocycles. The van der Waals surface area contributed by atoms with Gasteiger partial charge in [-0.05, 0) is 63.9 Å². The van der Waals surface area contributed by atoms with Crippen LogP contribution in [0.3, 0.4) is 0 Å². The number of aryl methyl sites for hydroxylation is 1. The van der Waals surface area contributed by atoms with Gasteiger partial charge in [0.15, 0.2) is 5.78 Å². The topological polar surface area (TPSA) is 57.6 Å². The molecule has 0 bridgehead atoms. The van der Waals surface area contributed by atoms with Crippen LogP contribution in [-0.2, 0) is 11.2 Å². The average molecular weight is 309 g/mol. The van der Waals surface area contributed by atoms with Crippen molar-refractivity contribution in [3.63, 3.8) is 0 Å². The standard InChI is InChI=1S/C16H23NO3S/c18-14(7-9-16(19)20)15-8-6-13(21-15)5-1-2-10-17-11-3-4-12-17/h6,8H,1-5,7,9-12H2,(H,19,20). The second kappa shape index (κ2) is 8.29. The van der Waals surface area contributed by atoms with E-state index in [2.05, 4.69) is 4.90 Å². The fraction of sp³-hybridized carbons (Fsp3) is 0.625. The number of carboxylic acids is 1. The van der Waals surface area contributed by atoms with E-state index in [1.54, 1.807) is 0 Å². The second-order valence-electron chi connectivity index (χ2n) is 5.59. The summed E-state index contributed by atoms with van der Waals surface area (Å²) in [7, 11) is 0. The molecule has 2 heterocycles. The molecule has 4 nitrogen and oxygen atoms in total. The summed E-state index contributed by atoms with van der Waals surface area (Å²) in [5.41, 5.74) is 0. The first kappa shape index (κ1) is 16.2. The van der Waals surface area contributed by atoms with Gasteiger partial charge in [0.25, 0.3) is 0 Å². The fourth-order valence-corrected chi connectivity index (χ4v) is 3.66. The van der Waals surface area contributed by atoms with E-state index in [-0.39, 0.29) is 18.6 Å². The van der Waals surface area contributed by atoms with Gasteiger partial charge in [0.1, 0.15) is 0 Å². The number of nitrogens with zero attached hydrogens (tertiary/aromatic N) is 1. The normalized spacial score (nSPS) is 15.4. The molecule has 1 N–H and O–H groups in total. The molecule has 1 saturated heterocycles. The van der Waals surface area contributed by atoms with Crippen molar-refractivity contribution in [1.29, 1.82) is 0 Å². The van der Waals surface area contributed by atoms with Crippen LogP contribution in [0.2, 0.25) is 0 Å². The number of hydrogen-bond donors (Lipinski definition) is 1. The van der Waals surface area contributed by atoms with Crippen LogP contribution in [0.1, 0.15) is 53.1 Å². The van der Waals surface area contributed by atoms with Crippen LogP contribution in [0, 0.1) is 0 Å². The first-order valence-electron chi connectivity index (χ1n) is 7.71. The SMILES string of the molecule is O=C(O)CCC(=O)c1ccc(CCCCN2CCCC2)s1. The third-order valence-corrected chi connectivity index (χ3v) is 5.03. The van der Waals surface area contributed by atoms with Crippen molar-refractivity contribution >= 4 is 23.1 Å². The maximum absolute atomic E-state index is 11.8. The number of aliphatic carboxylic acids is 1. The monoisotopic (exact) mass is 309 g/mol. The van der Waals surface area contributed by atoms with Crippen LogP contribution in [-0.4, -0.2) is 41.4 Å². The lowest BCUT2D eigenvalue weighted by atomic mass is 10.2. The van der Waals surface area contributed by atoms with Crippen molar-refractivity contribution in [3.8, 4) is 0 Å². The van der Waals surface area contributed by atoms with Gasteiger partial charge in [0.05, 0.1) is 11.3 Å². The van der Waals surface area contributed by atoms with Crippen LogP contribution >= 0.6 is 11.3 Å². The van der Waals surface area contributed by atoms with Gasteiger partial charge in [-0.2, -0.15) is 0 Å². The zero-order chi connectivity index (χ0) is 15.1. The Morgan fingerprint density at radius 1 is 1.14 bits per heavy atom. The highest BCUT2D eigenvalue weighted by Crippen LogP contribution is 2.21. The van der Waals surface area contributed by atoms with E-state index in [0.717, 1.165) is 12.8 Å². The minimum Gasteiger partial charge on any atom is -0.481 e. The Morgan fingerprint density at radius 3 is 2.62 bits per heavy atom. The van der Waals surface area contributed by atoms with Crippen molar-refractivity contribution in [1.82, 2.24) is 4.90 Å². The lowest BCUT2D eigenvalue weighted by Crippen LogP contribution is -2.20. The first-order valence-corrected chi connectivity index (χ1v) is 8.53. The molecule has 1 aromatic rings. The molecule has 0 aromatic carbocycles. The van der Waals surface area contributed by atoms with Gasteiger partial charge in [-0.1, -0.05) is 0 Å². The van der Waals surface area contributed by atoms with Crippen LogP contribution in [0.5, 0.6) is 0 Å². The molecule has 0 amide bonds. The Kier molecular flexibility index (Phi) is 6.39. The minimum absolute atomic E-state index is 0.0503. The van der Waals surface area contributed by atoms with E-state index in [1.165, 1.54) is 55.1 Å². The van der Waals surface area contributed by atoms with E-state index in [1.807, 2.05) is 12.1 Å². The van der Waals surface area contributed by atoms with Crippen molar-refractivity contribution in [2.45, 2.75) is 44.9 Å². The predicted molar refractivity (Wildman–Crippen MR) is 84.1 cm³/mol. The van der Waals surface area contributed by atoms with Gasteiger partial charge in [-0.25, -0.2) is 0 Å². The van der Waals surface area contributed by atoms with E-state index >= 15 is 0 Å². The van der Waals surface area contributed by atoms with E-state index in [0.29, 0.717) is 4.88 Å². The molecule has 1 aliphatic heterocycles. The summed E-state index contributed by atoms with van der Waals surface area (Å²) < 4.78 is 0. The molecule has 0 aliphatic carbocycles. The summed E-state index contributed by atoms with van der Waals surface area (Å²) in [4.78, 5) is 26.7. The summed E-state index contributed by atoms with van der Waals surface area (Å²) in [6.07, 6.45) is 6.08. The Bertz CT molecular complexity index is 478. The molecule has 0 radical (unpaired) electrons. The van der Waals surface area contributed by atoms with Gasteiger partial charge in [0.2, 0.25) is 0 Å². The van der Waals surface area contributed by atoms with Crippen LogP contribution in [0.4, 0.5) is 0 Å². The fourth-order valence-electron chi connectivity index (χ4n) is 2.65. The number of carboxylic acid groups (broad SMARTS) is 1. The number of thiophene rings is 1. The van der Waals surface area contributed by atoms with Crippen molar-refractivity contribution < 1.29 is 14.7 Å². The number of carbonyl (C=O) groups is 2. The molecule has 0 atom stereocenters. The van der Waals surface area contributed by atoms with E-state index in [4.69, 9.17) is 5.11 Å². The highest BCUT2D eigenvalue weighted by Gasteiger charge is 2.12. The minimum atomic E-state index is -0.915. The highest BCUT2D eigenvalue weighted by atomic mass is 32.1. The number of rotatable bonds is 9. The zero-order valence-electron chi connectivity index (χ0n) is 12.3. The van der Waals surface area contributed by atoms with Gasteiger partial charge in [-0.3, -0.25) is 9.59 Å². The molecule has 1 aliphatic rings. The van der Waals surface area contributed by atoms with Gasteiger partial charge in [0, 0.05) is 11.3 Å². The highest BCUT2D eigenvalue weighted by molar-refractivity contribution is 7.14. The Balaban J connectivity index is 1.67. The summed E-state index contributed by atoms with van der Waals surface area (Å²) in [6.45, 7) is 3.69. The summed E-state index contributed by atoms with van der Waals surface area (Å²) >= 11 is 1.52. The molecule has 2 rings (SSSR count). The number of ketones is 1. The molecule has 5 heteroatoms. The lowest BCUT2D eigenvalue weighted by molar-refractivity contribution is -0.136. The van der Waals surface area contributed by atoms with Crippen molar-refractivity contribution in [3.05, 3.63) is 21.9 Å². The number of carbonyl (C=O) groups excluding carboxylic acids is 1. The molecular formula is C16H23NO3S. The predicted octanol–water partition coefficient (Wildman–Crippen LogP) is 3.21. The molecule has 1 fully saturated rings.